The standard InChI is InChI=1S/C11H10Cl2N4O2S2/c1-3-16(2)11-15-8(17(18)19)10(21-11)20-9-7(13)4-6(12)5-14-9/h4-5H,3H2,1-2H3. The Balaban J connectivity index is 2.38. The zero-order valence-corrected chi connectivity index (χ0v) is 14.2. The molecule has 0 amide bonds. The Hall–Kier alpha value is -1.09. The van der Waals surface area contributed by atoms with Crippen molar-refractivity contribution in [3.05, 3.63) is 32.4 Å². The number of thiazole rings is 1. The molecule has 0 aliphatic rings. The number of nitro groups is 1. The monoisotopic (exact) mass is 364 g/mol. The first-order chi connectivity index (χ1) is 9.92. The molecule has 0 fully saturated rings. The summed E-state index contributed by atoms with van der Waals surface area (Å²) in [5, 5.41) is 12.9. The van der Waals surface area contributed by atoms with Gasteiger partial charge in [0.15, 0.2) is 4.21 Å². The van der Waals surface area contributed by atoms with Gasteiger partial charge < -0.3 is 15.0 Å². The molecule has 0 bridgehead atoms. The van der Waals surface area contributed by atoms with E-state index in [-0.39, 0.29) is 5.82 Å². The van der Waals surface area contributed by atoms with Crippen LogP contribution in [0.5, 0.6) is 0 Å². The van der Waals surface area contributed by atoms with Gasteiger partial charge in [0.2, 0.25) is 0 Å². The van der Waals surface area contributed by atoms with Gasteiger partial charge in [0.1, 0.15) is 5.03 Å². The molecule has 0 spiro atoms. The van der Waals surface area contributed by atoms with Gasteiger partial charge >= 0.3 is 10.9 Å². The van der Waals surface area contributed by atoms with Crippen LogP contribution in [0.25, 0.3) is 0 Å². The predicted octanol–water partition coefficient (Wildman–Crippen LogP) is 4.36. The van der Waals surface area contributed by atoms with E-state index >= 15 is 0 Å². The van der Waals surface area contributed by atoms with Gasteiger partial charge in [-0.2, -0.15) is 0 Å². The van der Waals surface area contributed by atoms with E-state index in [0.717, 1.165) is 11.8 Å². The van der Waals surface area contributed by atoms with Crippen molar-refractivity contribution in [2.75, 3.05) is 18.5 Å². The summed E-state index contributed by atoms with van der Waals surface area (Å²) in [6, 6.07) is 1.55. The first-order valence-electron chi connectivity index (χ1n) is 5.77. The van der Waals surface area contributed by atoms with Gasteiger partial charge in [0.25, 0.3) is 0 Å². The van der Waals surface area contributed by atoms with Gasteiger partial charge in [0, 0.05) is 19.8 Å². The van der Waals surface area contributed by atoms with E-state index < -0.39 is 4.92 Å². The van der Waals surface area contributed by atoms with Crippen LogP contribution < -0.4 is 4.90 Å². The Bertz CT molecular complexity index is 680. The minimum Gasteiger partial charge on any atom is -0.358 e. The Kier molecular flexibility index (Phi) is 5.26. The quantitative estimate of drug-likeness (QED) is 0.579. The van der Waals surface area contributed by atoms with Crippen LogP contribution in [0, 0.1) is 10.1 Å². The van der Waals surface area contributed by atoms with E-state index in [9.17, 15) is 10.1 Å². The van der Waals surface area contributed by atoms with Crippen molar-refractivity contribution in [3.63, 3.8) is 0 Å². The average molecular weight is 365 g/mol. The van der Waals surface area contributed by atoms with Crippen molar-refractivity contribution >= 4 is 57.2 Å². The van der Waals surface area contributed by atoms with Crippen molar-refractivity contribution in [1.29, 1.82) is 0 Å². The van der Waals surface area contributed by atoms with E-state index in [0.29, 0.717) is 31.0 Å². The molecule has 2 aromatic rings. The van der Waals surface area contributed by atoms with Crippen molar-refractivity contribution in [3.8, 4) is 0 Å². The van der Waals surface area contributed by atoms with Crippen LogP contribution in [0.1, 0.15) is 6.92 Å². The molecule has 2 aromatic heterocycles. The summed E-state index contributed by atoms with van der Waals surface area (Å²) in [4.78, 5) is 20.6. The van der Waals surface area contributed by atoms with Crippen LogP contribution >= 0.6 is 46.3 Å². The summed E-state index contributed by atoms with van der Waals surface area (Å²) in [6.07, 6.45) is 1.45. The molecular weight excluding hydrogens is 355 g/mol. The van der Waals surface area contributed by atoms with Crippen molar-refractivity contribution in [2.45, 2.75) is 16.2 Å². The smallest absolute Gasteiger partial charge is 0.358 e. The van der Waals surface area contributed by atoms with Gasteiger partial charge in [-0.25, -0.2) is 4.98 Å². The second-order valence-corrected chi connectivity index (χ2v) is 7.00. The molecule has 0 N–H and O–H groups in total. The summed E-state index contributed by atoms with van der Waals surface area (Å²) < 4.78 is 0.437. The largest absolute Gasteiger partial charge is 0.391 e. The molecule has 0 radical (unpaired) electrons. The van der Waals surface area contributed by atoms with Gasteiger partial charge in [-0.3, -0.25) is 0 Å². The maximum Gasteiger partial charge on any atom is 0.391 e. The Morgan fingerprint density at radius 3 is 2.81 bits per heavy atom. The molecule has 2 rings (SSSR count). The molecule has 0 aromatic carbocycles. The molecule has 112 valence electrons. The van der Waals surface area contributed by atoms with Crippen LogP contribution in [0.2, 0.25) is 10.0 Å². The van der Waals surface area contributed by atoms with Gasteiger partial charge in [-0.15, -0.1) is 0 Å². The van der Waals surface area contributed by atoms with Gasteiger partial charge in [-0.05, 0) is 34.7 Å². The summed E-state index contributed by atoms with van der Waals surface area (Å²) in [5.74, 6) is -0.187. The van der Waals surface area contributed by atoms with Gasteiger partial charge in [-0.1, -0.05) is 34.5 Å². The number of hydrogen-bond donors (Lipinski definition) is 0. The third-order valence-electron chi connectivity index (χ3n) is 2.51. The predicted molar refractivity (Wildman–Crippen MR) is 86.1 cm³/mol. The average Bonchev–Trinajstić information content (AvgIpc) is 2.85. The Morgan fingerprint density at radius 2 is 2.24 bits per heavy atom. The molecule has 2 heterocycles. The van der Waals surface area contributed by atoms with Crippen LogP contribution in [0.3, 0.4) is 0 Å². The SMILES string of the molecule is CCN(C)c1nc([N+](=O)[O-])c(Sc2ncc(Cl)cc2Cl)s1. The lowest BCUT2D eigenvalue weighted by molar-refractivity contribution is -0.391. The van der Waals surface area contributed by atoms with Crippen LogP contribution in [0.4, 0.5) is 10.9 Å². The first kappa shape index (κ1) is 16.3. The number of nitrogens with zero attached hydrogens (tertiary/aromatic N) is 4. The lowest BCUT2D eigenvalue weighted by atomic mass is 10.5. The summed E-state index contributed by atoms with van der Waals surface area (Å²) >= 11 is 14.2. The van der Waals surface area contributed by atoms with Crippen molar-refractivity contribution in [1.82, 2.24) is 9.97 Å². The van der Waals surface area contributed by atoms with Gasteiger partial charge in [0.05, 0.1) is 10.0 Å². The van der Waals surface area contributed by atoms with Crippen LogP contribution in [0.15, 0.2) is 21.5 Å². The van der Waals surface area contributed by atoms with E-state index in [1.54, 1.807) is 6.07 Å². The molecule has 0 atom stereocenters. The van der Waals surface area contributed by atoms with E-state index in [1.165, 1.54) is 17.5 Å². The van der Waals surface area contributed by atoms with Crippen LogP contribution in [-0.4, -0.2) is 28.5 Å². The first-order valence-corrected chi connectivity index (χ1v) is 8.16. The molecule has 6 nitrogen and oxygen atoms in total. The zero-order valence-electron chi connectivity index (χ0n) is 11.0. The summed E-state index contributed by atoms with van der Waals surface area (Å²) in [7, 11) is 1.82. The highest BCUT2D eigenvalue weighted by atomic mass is 35.5. The molecule has 0 saturated carbocycles. The lowest BCUT2D eigenvalue weighted by Gasteiger charge is -2.07. The molecule has 21 heavy (non-hydrogen) atoms. The number of anilines is 1. The highest BCUT2D eigenvalue weighted by molar-refractivity contribution is 8.01. The lowest BCUT2D eigenvalue weighted by Crippen LogP contribution is -2.15. The van der Waals surface area contributed by atoms with E-state index in [2.05, 4.69) is 9.97 Å². The molecule has 10 heteroatoms. The third kappa shape index (κ3) is 3.76. The topological polar surface area (TPSA) is 72.2 Å². The molecule has 0 aliphatic heterocycles. The fourth-order valence-corrected chi connectivity index (χ4v) is 3.90. The van der Waals surface area contributed by atoms with E-state index in [4.69, 9.17) is 23.2 Å². The second kappa shape index (κ2) is 6.78. The zero-order chi connectivity index (χ0) is 15.6. The van der Waals surface area contributed by atoms with Crippen molar-refractivity contribution in [2.24, 2.45) is 0 Å². The fraction of sp³-hybridized carbons (Fsp3) is 0.273. The molecule has 0 aliphatic carbocycles. The minimum atomic E-state index is -0.504. The summed E-state index contributed by atoms with van der Waals surface area (Å²) in [6.45, 7) is 2.65. The maximum atomic E-state index is 11.1. The van der Waals surface area contributed by atoms with Crippen molar-refractivity contribution < 1.29 is 4.92 Å². The normalized spacial score (nSPS) is 10.7. The Labute approximate surface area is 139 Å². The van der Waals surface area contributed by atoms with E-state index in [1.807, 2.05) is 18.9 Å². The molecule has 0 unspecified atom stereocenters. The van der Waals surface area contributed by atoms with Crippen LogP contribution in [-0.2, 0) is 0 Å². The molecular formula is C11H10Cl2N4O2S2. The summed E-state index contributed by atoms with van der Waals surface area (Å²) in [5.41, 5.74) is 0. The molecule has 0 saturated heterocycles. The fourth-order valence-electron chi connectivity index (χ4n) is 1.33. The maximum absolute atomic E-state index is 11.1. The Morgan fingerprint density at radius 1 is 1.52 bits per heavy atom. The number of pyridine rings is 1. The second-order valence-electron chi connectivity index (χ2n) is 3.92. The highest BCUT2D eigenvalue weighted by Crippen LogP contribution is 2.43. The number of aromatic nitrogens is 2. The highest BCUT2D eigenvalue weighted by Gasteiger charge is 2.26. The third-order valence-corrected chi connectivity index (χ3v) is 5.45. The minimum absolute atomic E-state index is 0.187. The number of hydrogen-bond acceptors (Lipinski definition) is 7. The number of rotatable bonds is 5. The number of halogens is 2.